The zero-order valence-corrected chi connectivity index (χ0v) is 14.2. The van der Waals surface area contributed by atoms with E-state index in [0.29, 0.717) is 0 Å². The Kier molecular flexibility index (Phi) is 3.12. The molecule has 1 aromatic heterocycles. The molecule has 0 spiro atoms. The summed E-state index contributed by atoms with van der Waals surface area (Å²) in [6.45, 7) is 0. The highest BCUT2D eigenvalue weighted by atomic mass is 79.9. The number of hydrogen-bond donors (Lipinski definition) is 0. The number of fused-ring (bicyclic) bond motifs is 3. The van der Waals surface area contributed by atoms with E-state index in [0.717, 1.165) is 14.6 Å². The van der Waals surface area contributed by atoms with Crippen LogP contribution in [-0.4, -0.2) is 4.57 Å². The van der Waals surface area contributed by atoms with Crippen molar-refractivity contribution in [2.24, 2.45) is 0 Å². The van der Waals surface area contributed by atoms with E-state index in [2.05, 4.69) is 97.1 Å². The van der Waals surface area contributed by atoms with Crippen molar-refractivity contribution in [1.29, 1.82) is 0 Å². The highest BCUT2D eigenvalue weighted by Crippen LogP contribution is 2.35. The molecule has 3 aromatic carbocycles. The summed E-state index contributed by atoms with van der Waals surface area (Å²) in [7, 11) is 0. The van der Waals surface area contributed by atoms with Crippen LogP contribution in [0, 0.1) is 0 Å². The lowest BCUT2D eigenvalue weighted by Gasteiger charge is -2.10. The van der Waals surface area contributed by atoms with E-state index in [4.69, 9.17) is 0 Å². The van der Waals surface area contributed by atoms with Crippen molar-refractivity contribution in [1.82, 2.24) is 4.57 Å². The smallest absolute Gasteiger partial charge is 0.0615 e. The van der Waals surface area contributed by atoms with Crippen molar-refractivity contribution >= 4 is 53.7 Å². The molecule has 0 saturated heterocycles. The van der Waals surface area contributed by atoms with E-state index in [1.54, 1.807) is 0 Å². The molecule has 0 fully saturated rings. The van der Waals surface area contributed by atoms with E-state index in [1.165, 1.54) is 21.8 Å². The summed E-state index contributed by atoms with van der Waals surface area (Å²) in [6, 6.07) is 23.3. The Labute approximate surface area is 139 Å². The van der Waals surface area contributed by atoms with Gasteiger partial charge < -0.3 is 4.57 Å². The molecule has 0 N–H and O–H groups in total. The molecule has 21 heavy (non-hydrogen) atoms. The van der Waals surface area contributed by atoms with Gasteiger partial charge >= 0.3 is 0 Å². The van der Waals surface area contributed by atoms with Crippen LogP contribution in [0.4, 0.5) is 0 Å². The molecule has 0 aliphatic rings. The molecule has 0 saturated carbocycles. The van der Waals surface area contributed by atoms with Crippen molar-refractivity contribution in [2.45, 2.75) is 0 Å². The predicted octanol–water partition coefficient (Wildman–Crippen LogP) is 6.31. The molecule has 4 rings (SSSR count). The third-order valence-electron chi connectivity index (χ3n) is 3.73. The molecule has 3 heteroatoms. The lowest BCUT2D eigenvalue weighted by Crippen LogP contribution is -1.94. The monoisotopic (exact) mass is 399 g/mol. The third-order valence-corrected chi connectivity index (χ3v) is 4.89. The third kappa shape index (κ3) is 2.03. The second-order valence-electron chi connectivity index (χ2n) is 4.97. The summed E-state index contributed by atoms with van der Waals surface area (Å²) in [4.78, 5) is 0. The van der Waals surface area contributed by atoms with E-state index in [9.17, 15) is 0 Å². The summed E-state index contributed by atoms with van der Waals surface area (Å²) < 4.78 is 4.46. The molecule has 1 nitrogen and oxygen atoms in total. The first-order chi connectivity index (χ1) is 10.3. The van der Waals surface area contributed by atoms with Crippen LogP contribution in [0.15, 0.2) is 75.7 Å². The van der Waals surface area contributed by atoms with Crippen molar-refractivity contribution in [3.05, 3.63) is 75.7 Å². The average molecular weight is 401 g/mol. The fraction of sp³-hybridized carbons (Fsp3) is 0. The second-order valence-corrected chi connectivity index (χ2v) is 6.74. The summed E-state index contributed by atoms with van der Waals surface area (Å²) in [6.07, 6.45) is 0. The van der Waals surface area contributed by atoms with Crippen molar-refractivity contribution in [2.75, 3.05) is 0 Å². The molecule has 102 valence electrons. The molecule has 0 aliphatic carbocycles. The maximum Gasteiger partial charge on any atom is 0.0615 e. The van der Waals surface area contributed by atoms with Gasteiger partial charge in [-0.25, -0.2) is 0 Å². The van der Waals surface area contributed by atoms with Gasteiger partial charge in [0.05, 0.1) is 16.7 Å². The number of rotatable bonds is 1. The highest BCUT2D eigenvalue weighted by Gasteiger charge is 2.13. The summed E-state index contributed by atoms with van der Waals surface area (Å²) in [5, 5.41) is 2.56. The summed E-state index contributed by atoms with van der Waals surface area (Å²) >= 11 is 7.26. The number of hydrogen-bond acceptors (Lipinski definition) is 0. The fourth-order valence-electron chi connectivity index (χ4n) is 2.84. The number of halogens is 2. The Morgan fingerprint density at radius 2 is 1.24 bits per heavy atom. The first kappa shape index (κ1) is 13.1. The van der Waals surface area contributed by atoms with Crippen LogP contribution in [-0.2, 0) is 0 Å². The molecule has 0 unspecified atom stereocenters. The highest BCUT2D eigenvalue weighted by molar-refractivity contribution is 9.11. The Balaban J connectivity index is 2.23. The molecular weight excluding hydrogens is 390 g/mol. The average Bonchev–Trinajstić information content (AvgIpc) is 2.84. The fourth-order valence-corrected chi connectivity index (χ4v) is 3.61. The molecule has 1 heterocycles. The molecular formula is C18H11Br2N. The van der Waals surface area contributed by atoms with Crippen LogP contribution < -0.4 is 0 Å². The second kappa shape index (κ2) is 5.00. The SMILES string of the molecule is Brc1ccc(Br)c(-n2c3ccccc3c3ccccc32)c1. The van der Waals surface area contributed by atoms with Gasteiger partial charge in [-0.2, -0.15) is 0 Å². The first-order valence-electron chi connectivity index (χ1n) is 6.69. The van der Waals surface area contributed by atoms with E-state index < -0.39 is 0 Å². The minimum atomic E-state index is 1.07. The van der Waals surface area contributed by atoms with Crippen LogP contribution in [0.3, 0.4) is 0 Å². The Morgan fingerprint density at radius 1 is 0.667 bits per heavy atom. The number of para-hydroxylation sites is 2. The zero-order chi connectivity index (χ0) is 14.4. The predicted molar refractivity (Wildman–Crippen MR) is 96.2 cm³/mol. The Bertz CT molecular complexity index is 916. The van der Waals surface area contributed by atoms with Crippen LogP contribution in [0.5, 0.6) is 0 Å². The van der Waals surface area contributed by atoms with Gasteiger partial charge in [0.1, 0.15) is 0 Å². The maximum atomic E-state index is 3.68. The quantitative estimate of drug-likeness (QED) is 0.353. The maximum absolute atomic E-state index is 3.68. The van der Waals surface area contributed by atoms with Crippen molar-refractivity contribution < 1.29 is 0 Å². The Hall–Kier alpha value is -1.58. The normalized spacial score (nSPS) is 11.3. The zero-order valence-electron chi connectivity index (χ0n) is 11.1. The van der Waals surface area contributed by atoms with Gasteiger partial charge in [0.25, 0.3) is 0 Å². The van der Waals surface area contributed by atoms with Crippen molar-refractivity contribution in [3.63, 3.8) is 0 Å². The standard InChI is InChI=1S/C18H11Br2N/c19-12-9-10-15(20)18(11-12)21-16-7-3-1-5-13(16)14-6-2-4-8-17(14)21/h1-11H. The lowest BCUT2D eigenvalue weighted by molar-refractivity contribution is 1.16. The van der Waals surface area contributed by atoms with E-state index in [-0.39, 0.29) is 0 Å². The summed E-state index contributed by atoms with van der Waals surface area (Å²) in [5.41, 5.74) is 3.58. The molecule has 0 amide bonds. The van der Waals surface area contributed by atoms with Gasteiger partial charge in [-0.3, -0.25) is 0 Å². The molecule has 4 aromatic rings. The molecule has 0 radical (unpaired) electrons. The van der Waals surface area contributed by atoms with Gasteiger partial charge in [-0.05, 0) is 46.3 Å². The van der Waals surface area contributed by atoms with Gasteiger partial charge in [0.15, 0.2) is 0 Å². The van der Waals surface area contributed by atoms with Gasteiger partial charge in [0, 0.05) is 19.7 Å². The van der Waals surface area contributed by atoms with E-state index in [1.807, 2.05) is 6.07 Å². The minimum Gasteiger partial charge on any atom is -0.308 e. The first-order valence-corrected chi connectivity index (χ1v) is 8.28. The minimum absolute atomic E-state index is 1.07. The van der Waals surface area contributed by atoms with Crippen LogP contribution in [0.25, 0.3) is 27.5 Å². The van der Waals surface area contributed by atoms with Crippen LogP contribution >= 0.6 is 31.9 Å². The largest absolute Gasteiger partial charge is 0.308 e. The Morgan fingerprint density at radius 3 is 1.86 bits per heavy atom. The lowest BCUT2D eigenvalue weighted by atomic mass is 10.2. The molecule has 0 bridgehead atoms. The van der Waals surface area contributed by atoms with E-state index >= 15 is 0 Å². The van der Waals surface area contributed by atoms with Crippen molar-refractivity contribution in [3.8, 4) is 5.69 Å². The molecule has 0 atom stereocenters. The van der Waals surface area contributed by atoms with Crippen LogP contribution in [0.2, 0.25) is 0 Å². The van der Waals surface area contributed by atoms with Gasteiger partial charge in [-0.15, -0.1) is 0 Å². The number of benzene rings is 3. The topological polar surface area (TPSA) is 4.93 Å². The number of aromatic nitrogens is 1. The molecule has 0 aliphatic heterocycles. The van der Waals surface area contributed by atoms with Crippen LogP contribution in [0.1, 0.15) is 0 Å². The van der Waals surface area contributed by atoms with Gasteiger partial charge in [-0.1, -0.05) is 52.3 Å². The summed E-state index contributed by atoms with van der Waals surface area (Å²) in [5.74, 6) is 0. The van der Waals surface area contributed by atoms with Gasteiger partial charge in [0.2, 0.25) is 0 Å². The number of nitrogens with zero attached hydrogens (tertiary/aromatic N) is 1.